The number of nitrogens with zero attached hydrogens (tertiary/aromatic N) is 2. The van der Waals surface area contributed by atoms with Gasteiger partial charge in [0.05, 0.1) is 5.52 Å². The van der Waals surface area contributed by atoms with Gasteiger partial charge in [0.15, 0.2) is 0 Å². The molecule has 0 bridgehead atoms. The van der Waals surface area contributed by atoms with E-state index in [1.54, 1.807) is 0 Å². The Kier molecular flexibility index (Phi) is 6.55. The van der Waals surface area contributed by atoms with E-state index in [1.807, 2.05) is 0 Å². The van der Waals surface area contributed by atoms with Gasteiger partial charge in [0.25, 0.3) is 0 Å². The Bertz CT molecular complexity index is 2820. The van der Waals surface area contributed by atoms with Gasteiger partial charge in [-0.3, -0.25) is 0 Å². The Morgan fingerprint density at radius 3 is 1.92 bits per heavy atom. The van der Waals surface area contributed by atoms with Gasteiger partial charge in [-0.1, -0.05) is 36.4 Å². The van der Waals surface area contributed by atoms with Crippen LogP contribution in [0.15, 0.2) is 182 Å². The quantitative estimate of drug-likeness (QED) is 0.163. The van der Waals surface area contributed by atoms with Gasteiger partial charge < -0.3 is 4.57 Å². The van der Waals surface area contributed by atoms with Crippen LogP contribution in [0, 0.1) is 0 Å². The second-order valence-corrected chi connectivity index (χ2v) is 14.9. The topological polar surface area (TPSA) is 8.17 Å². The van der Waals surface area contributed by atoms with Gasteiger partial charge in [-0.05, 0) is 18.2 Å². The van der Waals surface area contributed by atoms with Crippen LogP contribution in [0.5, 0.6) is 0 Å². The summed E-state index contributed by atoms with van der Waals surface area (Å²) < 4.78 is 5.28. The van der Waals surface area contributed by atoms with Crippen LogP contribution in [0.2, 0.25) is 0 Å². The molecular formula is C46H30N2Se. The summed E-state index contributed by atoms with van der Waals surface area (Å²) in [5.41, 5.74) is 9.55. The second kappa shape index (κ2) is 11.4. The van der Waals surface area contributed by atoms with E-state index in [0.29, 0.717) is 14.5 Å². The Hall–Kier alpha value is -5.86. The van der Waals surface area contributed by atoms with Crippen LogP contribution in [0.3, 0.4) is 0 Å². The molecule has 0 aliphatic rings. The first-order valence-electron chi connectivity index (χ1n) is 16.7. The van der Waals surface area contributed by atoms with E-state index in [9.17, 15) is 0 Å². The van der Waals surface area contributed by atoms with Crippen LogP contribution in [0.25, 0.3) is 68.7 Å². The Morgan fingerprint density at radius 1 is 0.388 bits per heavy atom. The van der Waals surface area contributed by atoms with E-state index < -0.39 is 0 Å². The smallest absolute Gasteiger partial charge is 0.0602 e. The predicted molar refractivity (Wildman–Crippen MR) is 210 cm³/mol. The first-order chi connectivity index (χ1) is 24.3. The molecule has 0 unspecified atom stereocenters. The number of fused-ring (bicyclic) bond motifs is 7. The van der Waals surface area contributed by atoms with Crippen LogP contribution in [0.4, 0.5) is 17.1 Å². The SMILES string of the molecule is c1ccc(-n2c3ccccc3c3cc(-c4ccc(N(c5ccc6c(c5)[se]c5ccccc56)c5cccc6ccccc56)cc4)ccc32)cc1. The maximum atomic E-state index is 2.43. The molecule has 2 heterocycles. The normalized spacial score (nSPS) is 11.7. The van der Waals surface area contributed by atoms with Gasteiger partial charge in [0.2, 0.25) is 0 Å². The van der Waals surface area contributed by atoms with Gasteiger partial charge in [0.1, 0.15) is 0 Å². The summed E-state index contributed by atoms with van der Waals surface area (Å²) in [5.74, 6) is 0. The molecule has 0 aliphatic heterocycles. The average molecular weight is 690 g/mol. The zero-order valence-electron chi connectivity index (χ0n) is 26.6. The fourth-order valence-electron chi connectivity index (χ4n) is 7.49. The number of benzene rings is 8. The van der Waals surface area contributed by atoms with Crippen LogP contribution in [-0.4, -0.2) is 19.1 Å². The third-order valence-electron chi connectivity index (χ3n) is 9.77. The van der Waals surface area contributed by atoms with Crippen molar-refractivity contribution in [1.82, 2.24) is 4.57 Å². The molecule has 2 aromatic heterocycles. The van der Waals surface area contributed by atoms with Crippen LogP contribution >= 0.6 is 0 Å². The number of anilines is 3. The summed E-state index contributed by atoms with van der Waals surface area (Å²) in [6.07, 6.45) is 0. The minimum absolute atomic E-state index is 0.290. The third-order valence-corrected chi connectivity index (χ3v) is 12.2. The molecular weight excluding hydrogens is 659 g/mol. The van der Waals surface area contributed by atoms with Gasteiger partial charge in [0, 0.05) is 5.69 Å². The molecule has 8 aromatic carbocycles. The van der Waals surface area contributed by atoms with Crippen molar-refractivity contribution >= 4 is 83.4 Å². The van der Waals surface area contributed by atoms with Crippen LogP contribution in [0.1, 0.15) is 0 Å². The molecule has 0 fully saturated rings. The molecule has 0 spiro atoms. The predicted octanol–water partition coefficient (Wildman–Crippen LogP) is 12.4. The van der Waals surface area contributed by atoms with E-state index in [1.165, 1.54) is 80.1 Å². The zero-order chi connectivity index (χ0) is 32.3. The van der Waals surface area contributed by atoms with E-state index in [2.05, 4.69) is 191 Å². The van der Waals surface area contributed by atoms with Gasteiger partial charge in [-0.15, -0.1) is 0 Å². The molecule has 0 N–H and O–H groups in total. The van der Waals surface area contributed by atoms with Gasteiger partial charge in [-0.25, -0.2) is 0 Å². The van der Waals surface area contributed by atoms with E-state index in [0.717, 1.165) is 5.69 Å². The van der Waals surface area contributed by atoms with Crippen LogP contribution < -0.4 is 4.90 Å². The minimum Gasteiger partial charge on any atom is -0.0602 e. The molecule has 0 amide bonds. The number of hydrogen-bond donors (Lipinski definition) is 0. The average Bonchev–Trinajstić information content (AvgIpc) is 3.71. The fourth-order valence-corrected chi connectivity index (χ4v) is 9.88. The van der Waals surface area contributed by atoms with E-state index in [4.69, 9.17) is 0 Å². The van der Waals surface area contributed by atoms with Crippen LogP contribution in [-0.2, 0) is 0 Å². The summed E-state index contributed by atoms with van der Waals surface area (Å²) in [4.78, 5) is 2.43. The summed E-state index contributed by atoms with van der Waals surface area (Å²) in [6.45, 7) is 0. The molecule has 0 saturated carbocycles. The van der Waals surface area contributed by atoms with Crippen molar-refractivity contribution in [2.75, 3.05) is 4.90 Å². The Morgan fingerprint density at radius 2 is 1.04 bits per heavy atom. The summed E-state index contributed by atoms with van der Waals surface area (Å²) in [7, 11) is 0. The molecule has 0 saturated heterocycles. The summed E-state index contributed by atoms with van der Waals surface area (Å²) >= 11 is 0.290. The van der Waals surface area contributed by atoms with Crippen molar-refractivity contribution in [2.45, 2.75) is 0 Å². The molecule has 0 radical (unpaired) electrons. The van der Waals surface area contributed by atoms with Crippen molar-refractivity contribution in [3.05, 3.63) is 182 Å². The fraction of sp³-hybridized carbons (Fsp3) is 0. The number of rotatable bonds is 5. The molecule has 10 aromatic rings. The first kappa shape index (κ1) is 28.2. The zero-order valence-corrected chi connectivity index (χ0v) is 28.3. The standard InChI is InChI=1S/C46H30N2Se/c1-2-13-34(14-3-1)48-43-18-8-6-16-38(43)41-29-33(23-28-44(41)48)31-21-24-35(25-22-31)47(42-19-10-12-32-11-4-5-15-37(32)42)36-26-27-40-39-17-7-9-20-45(39)49-46(40)30-36/h1-30H. The van der Waals surface area contributed by atoms with Crippen molar-refractivity contribution in [3.8, 4) is 16.8 Å². The maximum absolute atomic E-state index is 2.43. The monoisotopic (exact) mass is 690 g/mol. The number of para-hydroxylation sites is 2. The third kappa shape index (κ3) is 4.63. The Balaban J connectivity index is 1.11. The molecule has 0 atom stereocenters. The molecule has 10 rings (SSSR count). The van der Waals surface area contributed by atoms with E-state index >= 15 is 0 Å². The molecule has 2 nitrogen and oxygen atoms in total. The molecule has 0 aliphatic carbocycles. The van der Waals surface area contributed by atoms with Crippen molar-refractivity contribution < 1.29 is 0 Å². The van der Waals surface area contributed by atoms with E-state index in [-0.39, 0.29) is 0 Å². The minimum atomic E-state index is 0.290. The molecule has 49 heavy (non-hydrogen) atoms. The Labute approximate surface area is 290 Å². The van der Waals surface area contributed by atoms with Crippen molar-refractivity contribution in [2.24, 2.45) is 0 Å². The summed E-state index contributed by atoms with van der Waals surface area (Å²) in [5, 5.41) is 7.76. The summed E-state index contributed by atoms with van der Waals surface area (Å²) in [6, 6.07) is 66.6. The first-order valence-corrected chi connectivity index (χ1v) is 18.4. The number of hydrogen-bond acceptors (Lipinski definition) is 1. The van der Waals surface area contributed by atoms with Crippen molar-refractivity contribution in [1.29, 1.82) is 0 Å². The van der Waals surface area contributed by atoms with Crippen molar-refractivity contribution in [3.63, 3.8) is 0 Å². The van der Waals surface area contributed by atoms with Gasteiger partial charge in [-0.2, -0.15) is 0 Å². The second-order valence-electron chi connectivity index (χ2n) is 12.6. The molecule has 3 heteroatoms. The molecule has 230 valence electrons. The van der Waals surface area contributed by atoms with Gasteiger partial charge >= 0.3 is 221 Å². The number of aromatic nitrogens is 1.